The summed E-state index contributed by atoms with van der Waals surface area (Å²) < 4.78 is 62.6. The normalized spacial score (nSPS) is 53.5. The molecule has 4 aliphatic heterocycles. The Labute approximate surface area is 515 Å². The van der Waals surface area contributed by atoms with Gasteiger partial charge in [-0.2, -0.15) is 0 Å². The predicted octanol–water partition coefficient (Wildman–Crippen LogP) is -2.29. The standard InChI is InChI=1S/C61H96O28/c1-11-23(2)49(77)87-47-46(74)61-30(19-55(47,4)5)60(89-54(61)79)17-13-29-57(8)15-14-31(56(6,7)28(57)12-16-58(29,9)59(60,10)20-32(61)80-24(3)64)83-53-45(81-26-18-25(21-62)33(65)36(68)34(26)66)42(41(73)43(85-53)48(75)76)84-52-44(38(70)35(67)27(22-63)82-52)86-51-40(72)37(69)39(71)50(78)88-51/h11,25-47,50-54,62-63,65-74,78-79H,12-22H2,1-10H3,(H,75,76). The number of carbonyl (C=O) groups excluding carboxylic acids is 2. The average Bonchev–Trinajstić information content (AvgIpc) is 1.57. The molecule has 28 nitrogen and oxygen atoms in total. The lowest BCUT2D eigenvalue weighted by molar-refractivity contribution is -0.404. The highest BCUT2D eigenvalue weighted by Crippen LogP contribution is 2.82. The van der Waals surface area contributed by atoms with Crippen LogP contribution in [-0.4, -0.2) is 261 Å². The SMILES string of the molecule is CC=C(C)C(=O)OC1C(O)C23C(O)OC4(CCC5C6(C)CCC(OC7OC(C(=O)O)C(O)C(OC8OC(CO)C(O)C(O)C8OC8OC(O)C(O)C(O)C8O)C7OC7CC(CO)C(O)C(O)C7O)C(C)(C)C6CCC5(C)C4(C)CC2OC(C)=O)C3CC1(C)C. The maximum Gasteiger partial charge on any atom is 0.335 e. The van der Waals surface area contributed by atoms with Crippen molar-refractivity contribution in [1.29, 1.82) is 0 Å². The lowest BCUT2D eigenvalue weighted by atomic mass is 9.30. The van der Waals surface area contributed by atoms with E-state index in [1.54, 1.807) is 19.9 Å². The molecular weight excluding hydrogens is 1180 g/mol. The lowest BCUT2D eigenvalue weighted by Crippen LogP contribution is -2.77. The minimum Gasteiger partial charge on any atom is -0.479 e. The van der Waals surface area contributed by atoms with Crippen molar-refractivity contribution in [3.8, 4) is 0 Å². The van der Waals surface area contributed by atoms with E-state index in [9.17, 15) is 91.0 Å². The molecule has 6 saturated carbocycles. The Morgan fingerprint density at radius 3 is 1.85 bits per heavy atom. The van der Waals surface area contributed by atoms with Crippen LogP contribution in [0.15, 0.2) is 11.6 Å². The van der Waals surface area contributed by atoms with E-state index in [0.717, 1.165) is 0 Å². The largest absolute Gasteiger partial charge is 0.479 e. The molecule has 33 atom stereocenters. The molecular formula is C61H96O28. The van der Waals surface area contributed by atoms with Crippen LogP contribution < -0.4 is 0 Å². The Hall–Kier alpha value is -2.73. The number of fused-ring (bicyclic) bond motifs is 4. The fraction of sp³-hybridized carbons (Fsp3) is 0.918. The van der Waals surface area contributed by atoms with Gasteiger partial charge in [-0.25, -0.2) is 9.59 Å². The molecule has 15 N–H and O–H groups in total. The maximum atomic E-state index is 13.4. The van der Waals surface area contributed by atoms with Gasteiger partial charge in [-0.05, 0) is 99.7 Å². The van der Waals surface area contributed by atoms with Crippen molar-refractivity contribution >= 4 is 17.9 Å². The van der Waals surface area contributed by atoms with E-state index in [0.29, 0.717) is 50.5 Å². The van der Waals surface area contributed by atoms with Gasteiger partial charge < -0.3 is 124 Å². The van der Waals surface area contributed by atoms with E-state index in [1.165, 1.54) is 6.92 Å². The monoisotopic (exact) mass is 1280 g/mol. The summed E-state index contributed by atoms with van der Waals surface area (Å²) in [7, 11) is 0. The highest BCUT2D eigenvalue weighted by Gasteiger charge is 2.86. The summed E-state index contributed by atoms with van der Waals surface area (Å²) in [5.74, 6) is -4.87. The molecule has 0 aromatic rings. The Morgan fingerprint density at radius 2 is 1.22 bits per heavy atom. The van der Waals surface area contributed by atoms with E-state index < -0.39 is 228 Å². The van der Waals surface area contributed by atoms with Crippen molar-refractivity contribution < 1.29 is 138 Å². The first-order valence-electron chi connectivity index (χ1n) is 31.4. The van der Waals surface area contributed by atoms with Crippen molar-refractivity contribution in [2.45, 2.75) is 280 Å². The lowest BCUT2D eigenvalue weighted by Gasteiger charge is -2.75. The summed E-state index contributed by atoms with van der Waals surface area (Å²) in [5, 5.41) is 167. The summed E-state index contributed by atoms with van der Waals surface area (Å²) >= 11 is 0. The number of aliphatic hydroxyl groups excluding tert-OH is 14. The molecule has 0 aromatic heterocycles. The molecule has 28 heteroatoms. The van der Waals surface area contributed by atoms with Gasteiger partial charge in [-0.3, -0.25) is 4.79 Å². The molecule has 1 spiro atoms. The van der Waals surface area contributed by atoms with E-state index in [-0.39, 0.29) is 24.7 Å². The van der Waals surface area contributed by atoms with Gasteiger partial charge in [0.25, 0.3) is 0 Å². The number of carboxylic acids is 1. The molecule has 0 aromatic carbocycles. The molecule has 4 saturated heterocycles. The third-order valence-corrected chi connectivity index (χ3v) is 24.3. The number of rotatable bonds is 14. The molecule has 4 heterocycles. The van der Waals surface area contributed by atoms with Crippen LogP contribution in [0.5, 0.6) is 0 Å². The Balaban J connectivity index is 0.979. The zero-order valence-electron chi connectivity index (χ0n) is 52.0. The summed E-state index contributed by atoms with van der Waals surface area (Å²) in [4.78, 5) is 40.0. The number of aliphatic carboxylic acids is 1. The molecule has 6 aliphatic carbocycles. The number of carbonyl (C=O) groups is 3. The van der Waals surface area contributed by atoms with Crippen molar-refractivity contribution in [1.82, 2.24) is 0 Å². The van der Waals surface area contributed by atoms with Crippen molar-refractivity contribution in [2.75, 3.05) is 13.2 Å². The number of esters is 2. The van der Waals surface area contributed by atoms with Crippen LogP contribution in [0.25, 0.3) is 0 Å². The minimum atomic E-state index is -2.28. The molecule has 2 bridgehead atoms. The number of ether oxygens (including phenoxy) is 10. The maximum absolute atomic E-state index is 13.4. The Kier molecular flexibility index (Phi) is 19.0. The molecule has 0 amide bonds. The van der Waals surface area contributed by atoms with Crippen LogP contribution in [0.4, 0.5) is 0 Å². The van der Waals surface area contributed by atoms with E-state index in [1.807, 2.05) is 27.7 Å². The second kappa shape index (κ2) is 24.5. The van der Waals surface area contributed by atoms with Crippen molar-refractivity contribution in [3.63, 3.8) is 0 Å². The van der Waals surface area contributed by atoms with Crippen LogP contribution in [0.3, 0.4) is 0 Å². The number of carboxylic acid groups (broad SMARTS) is 1. The first kappa shape index (κ1) is 69.1. The Bertz CT molecular complexity index is 2620. The van der Waals surface area contributed by atoms with Gasteiger partial charge in [0.15, 0.2) is 37.6 Å². The average molecular weight is 1280 g/mol. The van der Waals surface area contributed by atoms with Crippen LogP contribution in [-0.2, 0) is 61.8 Å². The molecule has 0 radical (unpaired) electrons. The minimum absolute atomic E-state index is 0.0604. The second-order valence-electron chi connectivity index (χ2n) is 29.4. The van der Waals surface area contributed by atoms with E-state index in [2.05, 4.69) is 20.8 Å². The van der Waals surface area contributed by atoms with Crippen molar-refractivity contribution in [2.24, 2.45) is 56.2 Å². The molecule has 10 fully saturated rings. The first-order valence-corrected chi connectivity index (χ1v) is 31.4. The number of hydrogen-bond acceptors (Lipinski definition) is 27. The summed E-state index contributed by atoms with van der Waals surface area (Å²) in [5.41, 5.74) is -5.89. The van der Waals surface area contributed by atoms with Gasteiger partial charge >= 0.3 is 17.9 Å². The molecule has 10 rings (SSSR count). The molecule has 10 aliphatic rings. The topological polar surface area (TPSA) is 447 Å². The fourth-order valence-corrected chi connectivity index (χ4v) is 19.3. The molecule has 508 valence electrons. The third kappa shape index (κ3) is 10.6. The van der Waals surface area contributed by atoms with E-state index >= 15 is 0 Å². The van der Waals surface area contributed by atoms with Crippen LogP contribution in [0.2, 0.25) is 0 Å². The highest BCUT2D eigenvalue weighted by atomic mass is 16.8. The quantitative estimate of drug-likeness (QED) is 0.0494. The van der Waals surface area contributed by atoms with Crippen molar-refractivity contribution in [3.05, 3.63) is 11.6 Å². The zero-order valence-corrected chi connectivity index (χ0v) is 52.0. The Morgan fingerprint density at radius 1 is 0.584 bits per heavy atom. The van der Waals surface area contributed by atoms with Crippen LogP contribution in [0, 0.1) is 56.2 Å². The van der Waals surface area contributed by atoms with Gasteiger partial charge in [0.2, 0.25) is 0 Å². The first-order chi connectivity index (χ1) is 41.5. The van der Waals surface area contributed by atoms with Gasteiger partial charge in [0, 0.05) is 41.8 Å². The summed E-state index contributed by atoms with van der Waals surface area (Å²) in [6.07, 6.45) is -39.1. The molecule has 89 heavy (non-hydrogen) atoms. The number of aliphatic hydroxyl groups is 14. The van der Waals surface area contributed by atoms with Gasteiger partial charge in [-0.15, -0.1) is 0 Å². The summed E-state index contributed by atoms with van der Waals surface area (Å²) in [6.45, 7) is 17.5. The summed E-state index contributed by atoms with van der Waals surface area (Å²) in [6, 6.07) is 0. The number of hydrogen-bond donors (Lipinski definition) is 15. The van der Waals surface area contributed by atoms with E-state index in [4.69, 9.17) is 47.4 Å². The van der Waals surface area contributed by atoms with Gasteiger partial charge in [0.1, 0.15) is 91.6 Å². The van der Waals surface area contributed by atoms with Gasteiger partial charge in [0.05, 0.1) is 35.9 Å². The molecule has 33 unspecified atom stereocenters. The third-order valence-electron chi connectivity index (χ3n) is 24.3. The smallest absolute Gasteiger partial charge is 0.335 e. The predicted molar refractivity (Wildman–Crippen MR) is 298 cm³/mol. The number of allylic oxidation sites excluding steroid dienone is 1. The van der Waals surface area contributed by atoms with Gasteiger partial charge in [-0.1, -0.05) is 54.5 Å². The highest BCUT2D eigenvalue weighted by molar-refractivity contribution is 5.87. The van der Waals surface area contributed by atoms with Crippen LogP contribution >= 0.6 is 0 Å². The second-order valence-corrected chi connectivity index (χ2v) is 29.4. The fourth-order valence-electron chi connectivity index (χ4n) is 19.3. The van der Waals surface area contributed by atoms with Crippen LogP contribution in [0.1, 0.15) is 127 Å². The zero-order chi connectivity index (χ0) is 65.5.